The number of unbranched alkanes of at least 4 members (excludes halogenated alkanes) is 3. The zero-order valence-corrected chi connectivity index (χ0v) is 14.6. The molecular weight excluding hydrogens is 359 g/mol. The van der Waals surface area contributed by atoms with Crippen molar-refractivity contribution in [1.82, 2.24) is 0 Å². The SMILES string of the molecule is CS(=O)(=O)Nc1ccc(C(F)(F)F)cc1NC(=O)CCCCCCN. The van der Waals surface area contributed by atoms with Gasteiger partial charge in [0.2, 0.25) is 15.9 Å². The summed E-state index contributed by atoms with van der Waals surface area (Å²) in [7, 11) is -3.71. The van der Waals surface area contributed by atoms with Crippen molar-refractivity contribution in [3.8, 4) is 0 Å². The van der Waals surface area contributed by atoms with Gasteiger partial charge >= 0.3 is 6.18 Å². The van der Waals surface area contributed by atoms with E-state index in [-0.39, 0.29) is 17.8 Å². The summed E-state index contributed by atoms with van der Waals surface area (Å²) >= 11 is 0. The van der Waals surface area contributed by atoms with E-state index in [1.807, 2.05) is 0 Å². The molecule has 0 saturated carbocycles. The Morgan fingerprint density at radius 2 is 1.76 bits per heavy atom. The molecule has 0 fully saturated rings. The monoisotopic (exact) mass is 381 g/mol. The predicted octanol–water partition coefficient (Wildman–Crippen LogP) is 2.92. The van der Waals surface area contributed by atoms with Gasteiger partial charge < -0.3 is 11.1 Å². The smallest absolute Gasteiger partial charge is 0.330 e. The van der Waals surface area contributed by atoms with E-state index in [1.165, 1.54) is 0 Å². The number of nitrogens with one attached hydrogen (secondary N) is 2. The summed E-state index contributed by atoms with van der Waals surface area (Å²) in [5, 5.41) is 2.35. The maximum absolute atomic E-state index is 12.8. The van der Waals surface area contributed by atoms with E-state index >= 15 is 0 Å². The van der Waals surface area contributed by atoms with Crippen LogP contribution in [0.2, 0.25) is 0 Å². The summed E-state index contributed by atoms with van der Waals surface area (Å²) < 4.78 is 63.3. The Labute approximate surface area is 145 Å². The van der Waals surface area contributed by atoms with Gasteiger partial charge in [0, 0.05) is 6.42 Å². The van der Waals surface area contributed by atoms with Gasteiger partial charge in [0.15, 0.2) is 0 Å². The Balaban J connectivity index is 2.87. The molecule has 0 bridgehead atoms. The minimum Gasteiger partial charge on any atom is -0.330 e. The molecule has 1 amide bonds. The molecule has 0 aliphatic rings. The Bertz CT molecular complexity index is 691. The summed E-state index contributed by atoms with van der Waals surface area (Å²) in [5.74, 6) is -0.483. The molecule has 0 radical (unpaired) electrons. The Hall–Kier alpha value is -1.81. The number of sulfonamides is 1. The second kappa shape index (κ2) is 9.04. The largest absolute Gasteiger partial charge is 0.416 e. The van der Waals surface area contributed by atoms with Crippen LogP contribution in [0.15, 0.2) is 18.2 Å². The van der Waals surface area contributed by atoms with Gasteiger partial charge in [-0.15, -0.1) is 0 Å². The molecule has 4 N–H and O–H groups in total. The number of hydrogen-bond acceptors (Lipinski definition) is 4. The second-order valence-corrected chi connectivity index (χ2v) is 7.38. The maximum atomic E-state index is 12.8. The summed E-state index contributed by atoms with van der Waals surface area (Å²) in [4.78, 5) is 11.9. The molecule has 0 atom stereocenters. The van der Waals surface area contributed by atoms with Crippen LogP contribution in [0.3, 0.4) is 0 Å². The van der Waals surface area contributed by atoms with Crippen LogP contribution in [-0.4, -0.2) is 27.1 Å². The molecule has 0 unspecified atom stereocenters. The van der Waals surface area contributed by atoms with Crippen LogP contribution in [-0.2, 0) is 21.0 Å². The van der Waals surface area contributed by atoms with Crippen LogP contribution in [0.4, 0.5) is 24.5 Å². The molecule has 25 heavy (non-hydrogen) atoms. The van der Waals surface area contributed by atoms with Crippen molar-refractivity contribution in [3.63, 3.8) is 0 Å². The van der Waals surface area contributed by atoms with Gasteiger partial charge in [-0.1, -0.05) is 12.8 Å². The topological polar surface area (TPSA) is 101 Å². The molecule has 0 aromatic heterocycles. The average Bonchev–Trinajstić information content (AvgIpc) is 2.46. The first-order valence-electron chi connectivity index (χ1n) is 7.72. The number of nitrogens with two attached hydrogens (primary N) is 1. The van der Waals surface area contributed by atoms with Gasteiger partial charge in [0.05, 0.1) is 23.2 Å². The molecule has 0 aliphatic carbocycles. The summed E-state index contributed by atoms with van der Waals surface area (Å²) in [6.45, 7) is 0.566. The average molecular weight is 381 g/mol. The van der Waals surface area contributed by atoms with Crippen molar-refractivity contribution in [2.75, 3.05) is 22.8 Å². The van der Waals surface area contributed by atoms with E-state index in [2.05, 4.69) is 10.0 Å². The number of benzene rings is 1. The number of halogens is 3. The van der Waals surface area contributed by atoms with Crippen molar-refractivity contribution in [2.24, 2.45) is 5.73 Å². The quantitative estimate of drug-likeness (QED) is 0.573. The van der Waals surface area contributed by atoms with E-state index in [0.717, 1.165) is 37.7 Å². The van der Waals surface area contributed by atoms with Gasteiger partial charge in [-0.25, -0.2) is 8.42 Å². The molecule has 142 valence electrons. The molecule has 1 aromatic carbocycles. The number of carbonyl (C=O) groups is 1. The van der Waals surface area contributed by atoms with Crippen LogP contribution < -0.4 is 15.8 Å². The summed E-state index contributed by atoms with van der Waals surface area (Å²) in [6.07, 6.45) is -0.550. The molecule has 6 nitrogen and oxygen atoms in total. The fraction of sp³-hybridized carbons (Fsp3) is 0.533. The predicted molar refractivity (Wildman–Crippen MR) is 90.7 cm³/mol. The van der Waals surface area contributed by atoms with Gasteiger partial charge in [0.1, 0.15) is 0 Å². The van der Waals surface area contributed by atoms with Crippen LogP contribution in [0.5, 0.6) is 0 Å². The molecule has 1 rings (SSSR count). The second-order valence-electron chi connectivity index (χ2n) is 5.63. The molecule has 0 heterocycles. The van der Waals surface area contributed by atoms with E-state index in [0.29, 0.717) is 19.0 Å². The number of alkyl halides is 3. The Morgan fingerprint density at radius 1 is 1.12 bits per heavy atom. The van der Waals surface area contributed by atoms with Crippen molar-refractivity contribution < 1.29 is 26.4 Å². The molecule has 10 heteroatoms. The third kappa shape index (κ3) is 8.21. The molecule has 0 saturated heterocycles. The van der Waals surface area contributed by atoms with Crippen molar-refractivity contribution in [2.45, 2.75) is 38.3 Å². The minimum atomic E-state index is -4.61. The normalized spacial score (nSPS) is 12.0. The maximum Gasteiger partial charge on any atom is 0.416 e. The number of carbonyl (C=O) groups excluding carboxylic acids is 1. The van der Waals surface area contributed by atoms with Gasteiger partial charge in [-0.2, -0.15) is 13.2 Å². The van der Waals surface area contributed by atoms with Gasteiger partial charge in [-0.3, -0.25) is 9.52 Å². The number of hydrogen-bond donors (Lipinski definition) is 3. The van der Waals surface area contributed by atoms with Crippen molar-refractivity contribution in [3.05, 3.63) is 23.8 Å². The number of amides is 1. The van der Waals surface area contributed by atoms with Crippen molar-refractivity contribution in [1.29, 1.82) is 0 Å². The lowest BCUT2D eigenvalue weighted by Crippen LogP contribution is -2.17. The summed E-state index contributed by atoms with van der Waals surface area (Å²) in [5.41, 5.74) is 4.03. The highest BCUT2D eigenvalue weighted by Gasteiger charge is 2.31. The van der Waals surface area contributed by atoms with E-state index in [9.17, 15) is 26.4 Å². The third-order valence-electron chi connectivity index (χ3n) is 3.27. The minimum absolute atomic E-state index is 0.119. The lowest BCUT2D eigenvalue weighted by atomic mass is 10.1. The molecular formula is C15H22F3N3O3S. The van der Waals surface area contributed by atoms with Gasteiger partial charge in [-0.05, 0) is 37.6 Å². The van der Waals surface area contributed by atoms with E-state index in [4.69, 9.17) is 5.73 Å². The summed E-state index contributed by atoms with van der Waals surface area (Å²) in [6, 6.07) is 2.43. The highest BCUT2D eigenvalue weighted by atomic mass is 32.2. The zero-order chi connectivity index (χ0) is 19.1. The number of anilines is 2. The van der Waals surface area contributed by atoms with Crippen LogP contribution in [0.1, 0.15) is 37.7 Å². The van der Waals surface area contributed by atoms with E-state index in [1.54, 1.807) is 0 Å². The van der Waals surface area contributed by atoms with Crippen LogP contribution >= 0.6 is 0 Å². The molecule has 0 aliphatic heterocycles. The highest BCUT2D eigenvalue weighted by molar-refractivity contribution is 7.92. The number of rotatable bonds is 9. The first-order chi connectivity index (χ1) is 11.5. The van der Waals surface area contributed by atoms with Crippen LogP contribution in [0, 0.1) is 0 Å². The van der Waals surface area contributed by atoms with Gasteiger partial charge in [0.25, 0.3) is 0 Å². The first-order valence-corrected chi connectivity index (χ1v) is 9.61. The lowest BCUT2D eigenvalue weighted by molar-refractivity contribution is -0.137. The lowest BCUT2D eigenvalue weighted by Gasteiger charge is -2.15. The molecule has 0 spiro atoms. The van der Waals surface area contributed by atoms with Crippen molar-refractivity contribution >= 4 is 27.3 Å². The van der Waals surface area contributed by atoms with E-state index < -0.39 is 27.7 Å². The Morgan fingerprint density at radius 3 is 2.32 bits per heavy atom. The zero-order valence-electron chi connectivity index (χ0n) is 13.8. The van der Waals surface area contributed by atoms with Crippen LogP contribution in [0.25, 0.3) is 0 Å². The fourth-order valence-electron chi connectivity index (χ4n) is 2.11. The molecule has 1 aromatic rings. The third-order valence-corrected chi connectivity index (χ3v) is 3.87. The fourth-order valence-corrected chi connectivity index (χ4v) is 2.69. The standard InChI is InChI=1S/C15H22F3N3O3S/c1-25(23,24)21-12-8-7-11(15(16,17)18)10-13(12)20-14(22)6-4-2-3-5-9-19/h7-8,10,21H,2-6,9,19H2,1H3,(H,20,22). The highest BCUT2D eigenvalue weighted by Crippen LogP contribution is 2.34. The first kappa shape index (κ1) is 21.2. The Kier molecular flexibility index (Phi) is 7.68.